The van der Waals surface area contributed by atoms with Crippen LogP contribution < -0.4 is 19.7 Å². The molecule has 208 valence electrons. The maximum Gasteiger partial charge on any atom is 0.255 e. The molecule has 2 saturated heterocycles. The highest BCUT2D eigenvalue weighted by Crippen LogP contribution is 2.39. The molecule has 2 heterocycles. The van der Waals surface area contributed by atoms with Gasteiger partial charge < -0.3 is 29.2 Å². The summed E-state index contributed by atoms with van der Waals surface area (Å²) in [5.41, 5.74) is 1.54. The zero-order valence-electron chi connectivity index (χ0n) is 22.4. The largest absolute Gasteiger partial charge is 0.492 e. The molecule has 1 amide bonds. The highest BCUT2D eigenvalue weighted by atomic mass is 32.2. The standard InChI is InChI=1S/C27H37N3O7S/c1-5-35-25-16-24(29-10-12-34-13-11-29)26(36-6-2)15-23(25)28-27(31)21-8-7-9-22(14-21)38(32,33)30-17-19(3)37-20(4)18-30/h7-9,14-16,19-20H,5-6,10-13,17-18H2,1-4H3,(H,28,31). The fraction of sp³-hybridized carbons (Fsp3) is 0.519. The average molecular weight is 548 g/mol. The summed E-state index contributed by atoms with van der Waals surface area (Å²) in [5, 5.41) is 2.90. The van der Waals surface area contributed by atoms with E-state index in [-0.39, 0.29) is 35.8 Å². The number of sulfonamides is 1. The number of ether oxygens (including phenoxy) is 4. The van der Waals surface area contributed by atoms with Crippen LogP contribution in [-0.4, -0.2) is 83.4 Å². The van der Waals surface area contributed by atoms with Crippen LogP contribution in [0.15, 0.2) is 41.3 Å². The van der Waals surface area contributed by atoms with Crippen LogP contribution in [0.1, 0.15) is 38.1 Å². The Balaban J connectivity index is 1.61. The topological polar surface area (TPSA) is 107 Å². The number of hydrogen-bond donors (Lipinski definition) is 1. The first-order valence-electron chi connectivity index (χ1n) is 13.1. The Labute approximate surface area is 224 Å². The predicted octanol–water partition coefficient (Wildman–Crippen LogP) is 3.37. The highest BCUT2D eigenvalue weighted by molar-refractivity contribution is 7.89. The maximum atomic E-state index is 13.3. The lowest BCUT2D eigenvalue weighted by molar-refractivity contribution is -0.0440. The number of hydrogen-bond acceptors (Lipinski definition) is 8. The molecule has 0 aromatic heterocycles. The van der Waals surface area contributed by atoms with Gasteiger partial charge in [-0.05, 0) is 45.9 Å². The second-order valence-electron chi connectivity index (χ2n) is 9.34. The van der Waals surface area contributed by atoms with Gasteiger partial charge in [0.05, 0.1) is 54.9 Å². The van der Waals surface area contributed by atoms with Crippen molar-refractivity contribution in [2.45, 2.75) is 44.8 Å². The van der Waals surface area contributed by atoms with Crippen LogP contribution in [-0.2, 0) is 19.5 Å². The summed E-state index contributed by atoms with van der Waals surface area (Å²) in [7, 11) is -3.79. The third-order valence-corrected chi connectivity index (χ3v) is 8.21. The van der Waals surface area contributed by atoms with Gasteiger partial charge >= 0.3 is 0 Å². The molecule has 0 bridgehead atoms. The number of anilines is 2. The maximum absolute atomic E-state index is 13.3. The van der Waals surface area contributed by atoms with Gasteiger partial charge in [-0.1, -0.05) is 6.07 Å². The van der Waals surface area contributed by atoms with Crippen LogP contribution >= 0.6 is 0 Å². The number of carbonyl (C=O) groups is 1. The minimum atomic E-state index is -3.79. The first-order valence-corrected chi connectivity index (χ1v) is 14.5. The van der Waals surface area contributed by atoms with Crippen LogP contribution in [0.5, 0.6) is 11.5 Å². The van der Waals surface area contributed by atoms with Crippen molar-refractivity contribution in [2.75, 3.05) is 62.8 Å². The number of amides is 1. The minimum Gasteiger partial charge on any atom is -0.492 e. The van der Waals surface area contributed by atoms with Gasteiger partial charge in [0.25, 0.3) is 5.91 Å². The van der Waals surface area contributed by atoms with Gasteiger partial charge in [0, 0.05) is 43.9 Å². The minimum absolute atomic E-state index is 0.0640. The van der Waals surface area contributed by atoms with Crippen molar-refractivity contribution in [1.29, 1.82) is 0 Å². The van der Waals surface area contributed by atoms with Crippen molar-refractivity contribution in [1.82, 2.24) is 4.31 Å². The summed E-state index contributed by atoms with van der Waals surface area (Å²) in [6.07, 6.45) is -0.422. The van der Waals surface area contributed by atoms with E-state index in [1.165, 1.54) is 16.4 Å². The second kappa shape index (κ2) is 12.3. The number of morpholine rings is 2. The van der Waals surface area contributed by atoms with Gasteiger partial charge in [-0.3, -0.25) is 4.79 Å². The van der Waals surface area contributed by atoms with Crippen LogP contribution in [0.4, 0.5) is 11.4 Å². The zero-order chi connectivity index (χ0) is 27.3. The first kappa shape index (κ1) is 28.2. The van der Waals surface area contributed by atoms with Crippen LogP contribution in [0.25, 0.3) is 0 Å². The Bertz CT molecular complexity index is 1220. The SMILES string of the molecule is CCOc1cc(N2CCOCC2)c(OCC)cc1NC(=O)c1cccc(S(=O)(=O)N2CC(C)OC(C)C2)c1. The Morgan fingerprint density at radius 1 is 1.00 bits per heavy atom. The molecule has 38 heavy (non-hydrogen) atoms. The van der Waals surface area contributed by atoms with E-state index in [0.717, 1.165) is 18.8 Å². The van der Waals surface area contributed by atoms with Gasteiger partial charge in [0.15, 0.2) is 0 Å². The summed E-state index contributed by atoms with van der Waals surface area (Å²) in [5.74, 6) is 0.680. The van der Waals surface area contributed by atoms with Crippen LogP contribution in [0.2, 0.25) is 0 Å². The lowest BCUT2D eigenvalue weighted by atomic mass is 10.1. The lowest BCUT2D eigenvalue weighted by Gasteiger charge is -2.34. The number of carbonyl (C=O) groups excluding carboxylic acids is 1. The van der Waals surface area contributed by atoms with E-state index in [2.05, 4.69) is 10.2 Å². The molecule has 2 aliphatic rings. The van der Waals surface area contributed by atoms with Crippen molar-refractivity contribution in [2.24, 2.45) is 0 Å². The number of nitrogens with zero attached hydrogens (tertiary/aromatic N) is 2. The Morgan fingerprint density at radius 2 is 1.66 bits per heavy atom. The molecule has 2 aromatic rings. The van der Waals surface area contributed by atoms with E-state index < -0.39 is 15.9 Å². The third-order valence-electron chi connectivity index (χ3n) is 6.38. The molecule has 0 aliphatic carbocycles. The van der Waals surface area contributed by atoms with Crippen molar-refractivity contribution in [3.05, 3.63) is 42.0 Å². The van der Waals surface area contributed by atoms with E-state index in [4.69, 9.17) is 18.9 Å². The smallest absolute Gasteiger partial charge is 0.255 e. The van der Waals surface area contributed by atoms with E-state index in [1.807, 2.05) is 33.8 Å². The van der Waals surface area contributed by atoms with Crippen molar-refractivity contribution in [3.8, 4) is 11.5 Å². The zero-order valence-corrected chi connectivity index (χ0v) is 23.3. The summed E-state index contributed by atoms with van der Waals surface area (Å²) in [6.45, 7) is 11.5. The van der Waals surface area contributed by atoms with Gasteiger partial charge in [0.2, 0.25) is 10.0 Å². The van der Waals surface area contributed by atoms with Gasteiger partial charge in [-0.25, -0.2) is 8.42 Å². The van der Waals surface area contributed by atoms with Crippen molar-refractivity contribution < 1.29 is 32.2 Å². The molecule has 1 N–H and O–H groups in total. The number of rotatable bonds is 9. The molecule has 0 spiro atoms. The molecule has 2 unspecified atom stereocenters. The van der Waals surface area contributed by atoms with Gasteiger partial charge in [-0.2, -0.15) is 4.31 Å². The Hall–Kier alpha value is -2.86. The summed E-state index contributed by atoms with van der Waals surface area (Å²) in [6, 6.07) is 9.70. The normalized spacial score (nSPS) is 20.7. The molecule has 2 aromatic carbocycles. The first-order chi connectivity index (χ1) is 18.2. The number of benzene rings is 2. The molecular weight excluding hydrogens is 510 g/mol. The molecule has 2 fully saturated rings. The highest BCUT2D eigenvalue weighted by Gasteiger charge is 2.32. The molecule has 11 heteroatoms. The van der Waals surface area contributed by atoms with E-state index in [9.17, 15) is 13.2 Å². The van der Waals surface area contributed by atoms with Gasteiger partial charge in [-0.15, -0.1) is 0 Å². The fourth-order valence-corrected chi connectivity index (χ4v) is 6.35. The third kappa shape index (κ3) is 6.40. The molecule has 10 nitrogen and oxygen atoms in total. The second-order valence-corrected chi connectivity index (χ2v) is 11.3. The molecular formula is C27H37N3O7S. The number of nitrogens with one attached hydrogen (secondary N) is 1. The molecule has 2 aliphatic heterocycles. The average Bonchev–Trinajstić information content (AvgIpc) is 2.90. The quantitative estimate of drug-likeness (QED) is 0.509. The molecule has 0 radical (unpaired) electrons. The molecule has 4 rings (SSSR count). The van der Waals surface area contributed by atoms with Crippen LogP contribution in [0.3, 0.4) is 0 Å². The van der Waals surface area contributed by atoms with Gasteiger partial charge in [0.1, 0.15) is 11.5 Å². The monoisotopic (exact) mass is 547 g/mol. The van der Waals surface area contributed by atoms with E-state index in [0.29, 0.717) is 43.6 Å². The predicted molar refractivity (Wildman–Crippen MR) is 145 cm³/mol. The van der Waals surface area contributed by atoms with E-state index >= 15 is 0 Å². The Morgan fingerprint density at radius 3 is 2.32 bits per heavy atom. The van der Waals surface area contributed by atoms with Crippen molar-refractivity contribution >= 4 is 27.3 Å². The van der Waals surface area contributed by atoms with Crippen LogP contribution in [0, 0.1) is 0 Å². The van der Waals surface area contributed by atoms with Crippen molar-refractivity contribution in [3.63, 3.8) is 0 Å². The molecule has 2 atom stereocenters. The summed E-state index contributed by atoms with van der Waals surface area (Å²) in [4.78, 5) is 15.6. The summed E-state index contributed by atoms with van der Waals surface area (Å²) >= 11 is 0. The Kier molecular flexibility index (Phi) is 9.14. The summed E-state index contributed by atoms with van der Waals surface area (Å²) < 4.78 is 51.1. The molecule has 0 saturated carbocycles. The van der Waals surface area contributed by atoms with E-state index in [1.54, 1.807) is 18.2 Å². The lowest BCUT2D eigenvalue weighted by Crippen LogP contribution is -2.48. The fourth-order valence-electron chi connectivity index (χ4n) is 4.71.